The molecule has 6 bridgehead atoms. The van der Waals surface area contributed by atoms with Crippen molar-refractivity contribution in [2.24, 2.45) is 34.7 Å². The van der Waals surface area contributed by atoms with Crippen LogP contribution in [-0.2, 0) is 6.67 Å². The van der Waals surface area contributed by atoms with E-state index in [-0.39, 0.29) is 0 Å². The summed E-state index contributed by atoms with van der Waals surface area (Å²) in [5.41, 5.74) is 36.4. The quantitative estimate of drug-likeness (QED) is 0.135. The summed E-state index contributed by atoms with van der Waals surface area (Å²) in [5, 5.41) is 14.6. The van der Waals surface area contributed by atoms with Crippen molar-refractivity contribution in [1.29, 1.82) is 0 Å². The molecule has 4 aliphatic heterocycles. The van der Waals surface area contributed by atoms with Crippen LogP contribution in [0.5, 0.6) is 0 Å². The maximum absolute atomic E-state index is 6.06. The number of amidine groups is 4. The van der Waals surface area contributed by atoms with Crippen LogP contribution < -0.4 is 11.0 Å². The zero-order valence-corrected chi connectivity index (χ0v) is 55.2. The molecule has 4 aliphatic rings. The first kappa shape index (κ1) is 55.4. The van der Waals surface area contributed by atoms with Crippen molar-refractivity contribution in [2.45, 2.75) is 173 Å². The van der Waals surface area contributed by atoms with Crippen molar-refractivity contribution in [3.05, 3.63) is 167 Å². The van der Waals surface area contributed by atoms with E-state index >= 15 is 0 Å². The minimum absolute atomic E-state index is 0.343. The van der Waals surface area contributed by atoms with E-state index in [0.29, 0.717) is 30.0 Å². The zero-order valence-electron chi connectivity index (χ0n) is 54.2. The molecule has 10 aromatic rings. The highest BCUT2D eigenvalue weighted by Crippen LogP contribution is 2.51. The Morgan fingerprint density at radius 2 is 0.440 bits per heavy atom. The molecule has 2 aromatic heterocycles. The molecule has 14 rings (SSSR count). The number of aliphatic imine (C=N–C) groups is 4. The van der Waals surface area contributed by atoms with Gasteiger partial charge in [0.25, 0.3) is 0 Å². The molecule has 0 aliphatic carbocycles. The molecule has 8 aromatic carbocycles. The van der Waals surface area contributed by atoms with E-state index < -0.39 is 0 Å². The van der Waals surface area contributed by atoms with Gasteiger partial charge in [-0.15, -0.1) is 0 Å². The fourth-order valence-corrected chi connectivity index (χ4v) is 16.5. The fourth-order valence-electron chi connectivity index (χ4n) is 16.5. The SMILES string of the molecule is CN=P.Cc1c(C)c(C)c2c(C)c3c(c(C)c2c1C)C1=NC3=Nc2c3c(C)c4c(C)c(C)c(C)c(C)c4c(C)c3c3n2Cn2c(c4c(C)c5c(C)c(C)c(C)c(C)c5c(C)c4c2=NC2=NC(=N3)c3c2c(C)c2c(C)c(C)c(C)c(C)c2c3C)=N1. The smallest absolute Gasteiger partial charge is 0.165 e. The summed E-state index contributed by atoms with van der Waals surface area (Å²) in [5.74, 6) is 4.40. The van der Waals surface area contributed by atoms with Gasteiger partial charge in [0.05, 0.1) is 0 Å². The lowest BCUT2D eigenvalue weighted by Crippen LogP contribution is -2.32. The van der Waals surface area contributed by atoms with Crippen LogP contribution in [0.15, 0.2) is 34.7 Å². The summed E-state index contributed by atoms with van der Waals surface area (Å²) in [6.45, 7) is 55.5. The number of benzene rings is 8. The van der Waals surface area contributed by atoms with Gasteiger partial charge < -0.3 is 0 Å². The normalized spacial score (nSPS) is 14.0. The number of aromatic nitrogens is 2. The second-order valence-electron chi connectivity index (χ2n) is 25.5. The summed E-state index contributed by atoms with van der Waals surface area (Å²) in [7, 11) is 4.47. The molecule has 0 saturated carbocycles. The van der Waals surface area contributed by atoms with Gasteiger partial charge in [-0.1, -0.05) is 0 Å². The van der Waals surface area contributed by atoms with E-state index in [4.69, 9.17) is 30.0 Å². The third kappa shape index (κ3) is 6.68. The van der Waals surface area contributed by atoms with Crippen molar-refractivity contribution in [3.8, 4) is 0 Å². The first-order chi connectivity index (χ1) is 39.7. The predicted octanol–water partition coefficient (Wildman–Crippen LogP) is 18.0. The molecular formula is C74H78N9P. The molecule has 10 heteroatoms. The van der Waals surface area contributed by atoms with Crippen molar-refractivity contribution in [2.75, 3.05) is 7.05 Å². The van der Waals surface area contributed by atoms with Crippen LogP contribution in [0.4, 0.5) is 11.6 Å². The lowest BCUT2D eigenvalue weighted by molar-refractivity contribution is 0.583. The van der Waals surface area contributed by atoms with Crippen LogP contribution in [0.2, 0.25) is 0 Å². The van der Waals surface area contributed by atoms with Crippen molar-refractivity contribution in [3.63, 3.8) is 0 Å². The zero-order chi connectivity index (χ0) is 60.5. The van der Waals surface area contributed by atoms with Crippen LogP contribution in [0, 0.1) is 166 Å². The molecule has 424 valence electrons. The van der Waals surface area contributed by atoms with E-state index in [9.17, 15) is 0 Å². The summed E-state index contributed by atoms with van der Waals surface area (Å²) in [6.07, 6.45) is 0. The first-order valence-corrected chi connectivity index (χ1v) is 30.3. The van der Waals surface area contributed by atoms with Gasteiger partial charge in [-0.3, -0.25) is 13.9 Å². The van der Waals surface area contributed by atoms with Gasteiger partial charge in [0, 0.05) is 50.8 Å². The van der Waals surface area contributed by atoms with E-state index in [0.717, 1.165) is 66.4 Å². The topological polar surface area (TPSA) is 96.4 Å². The number of hydrogen-bond donors (Lipinski definition) is 0. The van der Waals surface area contributed by atoms with Crippen molar-refractivity contribution >= 4 is 109 Å². The summed E-state index contributed by atoms with van der Waals surface area (Å²) >= 11 is 0. The molecule has 9 nitrogen and oxygen atoms in total. The molecule has 0 amide bonds. The largest absolute Gasteiger partial charge is 0.291 e. The fraction of sp³-hybridized carbons (Fsp3) is 0.351. The van der Waals surface area contributed by atoms with Gasteiger partial charge in [-0.25, -0.2) is 30.0 Å². The van der Waals surface area contributed by atoms with E-state index in [1.807, 2.05) is 0 Å². The van der Waals surface area contributed by atoms with E-state index in [1.54, 1.807) is 7.05 Å². The minimum atomic E-state index is 0.343. The van der Waals surface area contributed by atoms with Crippen LogP contribution >= 0.6 is 9.03 Å². The van der Waals surface area contributed by atoms with Gasteiger partial charge in [-0.2, -0.15) is 0 Å². The Morgan fingerprint density at radius 3 is 0.679 bits per heavy atom. The standard InChI is InChI=1S/C73H74N8.CH4NP/c1-26-27(2)35(10)51-43(18)59-58(42(17)50(51)34(26)9)66-74-67(59)77-71-64-48(23)56-40(15)32(7)33(8)41(16)57(56)49(24)65(64)73-79-69-61-45(20)53-37(12)29(4)28(3)36(11)52(53)44(19)60(61)68(75-69)78-72-63-47(22)55-39(14)31(6)30(5)38(13)54(55)46(21)62(63)70(76-66)80(72)25-81(71)73;1-2-3/h25H2,1-24H3;3H,1H3. The molecule has 0 saturated heterocycles. The average Bonchev–Trinajstić information content (AvgIpc) is 1.63. The van der Waals surface area contributed by atoms with Gasteiger partial charge in [0.2, 0.25) is 0 Å². The van der Waals surface area contributed by atoms with Crippen LogP contribution in [0.25, 0.3) is 64.6 Å². The Labute approximate surface area is 496 Å². The van der Waals surface area contributed by atoms with Gasteiger partial charge in [0.15, 0.2) is 23.3 Å². The van der Waals surface area contributed by atoms with Crippen LogP contribution in [-0.4, -0.2) is 39.5 Å². The third-order valence-electron chi connectivity index (χ3n) is 22.1. The molecule has 84 heavy (non-hydrogen) atoms. The maximum Gasteiger partial charge on any atom is 0.165 e. The number of nitrogens with zero attached hydrogens (tertiary/aromatic N) is 9. The van der Waals surface area contributed by atoms with E-state index in [2.05, 4.69) is 189 Å². The lowest BCUT2D eigenvalue weighted by Gasteiger charge is -2.21. The second kappa shape index (κ2) is 18.4. The summed E-state index contributed by atoms with van der Waals surface area (Å²) in [6, 6.07) is 0. The molecule has 0 fully saturated rings. The Balaban J connectivity index is 0.00000215. The minimum Gasteiger partial charge on any atom is -0.291 e. The Bertz CT molecular complexity index is 4930. The molecule has 0 atom stereocenters. The molecule has 0 unspecified atom stereocenters. The van der Waals surface area contributed by atoms with Crippen LogP contribution in [0.1, 0.15) is 156 Å². The Kier molecular flexibility index (Phi) is 12.1. The lowest BCUT2D eigenvalue weighted by atomic mass is 9.83. The van der Waals surface area contributed by atoms with Gasteiger partial charge >= 0.3 is 0 Å². The molecule has 0 spiro atoms. The van der Waals surface area contributed by atoms with Crippen LogP contribution in [0.3, 0.4) is 0 Å². The van der Waals surface area contributed by atoms with Crippen molar-refractivity contribution in [1.82, 2.24) is 9.13 Å². The molecular weight excluding hydrogens is 1050 g/mol. The predicted molar refractivity (Wildman–Crippen MR) is 360 cm³/mol. The monoisotopic (exact) mass is 1120 g/mol. The Morgan fingerprint density at radius 1 is 0.238 bits per heavy atom. The van der Waals surface area contributed by atoms with Crippen molar-refractivity contribution < 1.29 is 0 Å². The van der Waals surface area contributed by atoms with Gasteiger partial charge in [-0.05, 0) is 352 Å². The Hall–Kier alpha value is -7.74. The average molecular weight is 1120 g/mol. The number of rotatable bonds is 0. The second-order valence-corrected chi connectivity index (χ2v) is 25.9. The highest BCUT2D eigenvalue weighted by molar-refractivity contribution is 7.03. The number of aryl methyl sites for hydroxylation is 16. The van der Waals surface area contributed by atoms with E-state index in [1.165, 1.54) is 177 Å². The summed E-state index contributed by atoms with van der Waals surface area (Å²) < 4.78 is 8.10. The number of fused-ring (bicyclic) bond motifs is 18. The maximum atomic E-state index is 6.06. The highest BCUT2D eigenvalue weighted by atomic mass is 31.0. The first-order valence-electron chi connectivity index (χ1n) is 29.9. The van der Waals surface area contributed by atoms with Gasteiger partial charge in [0.1, 0.15) is 29.3 Å². The summed E-state index contributed by atoms with van der Waals surface area (Å²) in [4.78, 5) is 35.8. The molecule has 0 N–H and O–H groups in total. The highest BCUT2D eigenvalue weighted by Gasteiger charge is 2.37. The third-order valence-corrected chi connectivity index (χ3v) is 22.1. The molecule has 0 radical (unpaired) electrons. The molecule has 6 heterocycles. The number of hydrogen-bond acceptors (Lipinski definition) is 7.